The predicted octanol–water partition coefficient (Wildman–Crippen LogP) is 1.18. The number of carbonyl (C=O) groups is 3. The van der Waals surface area contributed by atoms with E-state index in [0.717, 1.165) is 25.9 Å². The molecule has 1 aliphatic heterocycles. The molecule has 0 radical (unpaired) electrons. The van der Waals surface area contributed by atoms with Gasteiger partial charge in [-0.2, -0.15) is 0 Å². The Morgan fingerprint density at radius 3 is 2.33 bits per heavy atom. The van der Waals surface area contributed by atoms with Crippen molar-refractivity contribution in [1.29, 1.82) is 0 Å². The van der Waals surface area contributed by atoms with Crippen LogP contribution in [0, 0.1) is 16.7 Å². The van der Waals surface area contributed by atoms with Gasteiger partial charge in [0.05, 0.1) is 0 Å². The number of fused-ring (bicyclic) bond motifs is 2. The van der Waals surface area contributed by atoms with E-state index in [1.807, 2.05) is 13.8 Å². The van der Waals surface area contributed by atoms with Crippen LogP contribution in [-0.2, 0) is 14.4 Å². The van der Waals surface area contributed by atoms with Crippen LogP contribution in [0.5, 0.6) is 0 Å². The number of carbonyl (C=O) groups excluding carboxylic acids is 3. The Morgan fingerprint density at radius 1 is 1.22 bits per heavy atom. The number of rotatable bonds is 1. The lowest BCUT2D eigenvalue weighted by molar-refractivity contribution is -0.154. The molecule has 1 heterocycles. The smallest absolute Gasteiger partial charge is 0.237 e. The maximum Gasteiger partial charge on any atom is 0.237 e. The van der Waals surface area contributed by atoms with E-state index in [9.17, 15) is 14.4 Å². The molecule has 0 spiro atoms. The van der Waals surface area contributed by atoms with Crippen LogP contribution in [0.15, 0.2) is 0 Å². The number of Topliss-reactive ketones (excluding diaryl/α,β-unsaturated/α-hetero) is 2. The fraction of sp³-hybridized carbons (Fsp3) is 0.786. The van der Waals surface area contributed by atoms with E-state index in [1.54, 1.807) is 4.90 Å². The van der Waals surface area contributed by atoms with Crippen LogP contribution in [0.3, 0.4) is 0 Å². The number of nitrogens with zero attached hydrogens (tertiary/aromatic N) is 1. The minimum Gasteiger partial charge on any atom is -0.342 e. The summed E-state index contributed by atoms with van der Waals surface area (Å²) in [5, 5.41) is 0. The Kier molecular flexibility index (Phi) is 2.26. The van der Waals surface area contributed by atoms with Gasteiger partial charge in [0.15, 0.2) is 0 Å². The van der Waals surface area contributed by atoms with Gasteiger partial charge in [-0.3, -0.25) is 14.4 Å². The average Bonchev–Trinajstić information content (AvgIpc) is 2.95. The summed E-state index contributed by atoms with van der Waals surface area (Å²) in [6, 6.07) is 0. The summed E-state index contributed by atoms with van der Waals surface area (Å²) < 4.78 is 0. The zero-order valence-electron chi connectivity index (χ0n) is 11.0. The molecule has 0 aromatic rings. The Labute approximate surface area is 107 Å². The fourth-order valence-corrected chi connectivity index (χ4v) is 4.24. The van der Waals surface area contributed by atoms with Gasteiger partial charge in [-0.05, 0) is 31.1 Å². The highest BCUT2D eigenvalue weighted by molar-refractivity contribution is 6.47. The van der Waals surface area contributed by atoms with Crippen molar-refractivity contribution in [3.8, 4) is 0 Å². The molecule has 2 bridgehead atoms. The van der Waals surface area contributed by atoms with Gasteiger partial charge in [0, 0.05) is 19.0 Å². The van der Waals surface area contributed by atoms with Crippen molar-refractivity contribution < 1.29 is 14.4 Å². The maximum atomic E-state index is 12.8. The third-order valence-corrected chi connectivity index (χ3v) is 5.47. The van der Waals surface area contributed by atoms with Crippen LogP contribution < -0.4 is 0 Å². The van der Waals surface area contributed by atoms with Crippen LogP contribution in [0.2, 0.25) is 0 Å². The van der Waals surface area contributed by atoms with Gasteiger partial charge in [0.1, 0.15) is 5.41 Å². The lowest BCUT2D eigenvalue weighted by Gasteiger charge is -2.36. The summed E-state index contributed by atoms with van der Waals surface area (Å²) in [6.07, 6.45) is 3.27. The molecular weight excluding hydrogens is 230 g/mol. The third kappa shape index (κ3) is 1.09. The summed E-state index contributed by atoms with van der Waals surface area (Å²) in [7, 11) is 0. The lowest BCUT2D eigenvalue weighted by atomic mass is 9.68. The number of hydrogen-bond acceptors (Lipinski definition) is 3. The summed E-state index contributed by atoms with van der Waals surface area (Å²) in [5.41, 5.74) is -1.54. The summed E-state index contributed by atoms with van der Waals surface area (Å²) in [5.74, 6) is -1.04. The minimum atomic E-state index is -1.04. The first-order chi connectivity index (χ1) is 8.43. The molecule has 0 aromatic carbocycles. The van der Waals surface area contributed by atoms with Crippen LogP contribution >= 0.6 is 0 Å². The van der Waals surface area contributed by atoms with Crippen molar-refractivity contribution in [2.24, 2.45) is 16.7 Å². The molecule has 3 fully saturated rings. The first-order valence-electron chi connectivity index (χ1n) is 6.81. The number of amides is 1. The van der Waals surface area contributed by atoms with E-state index in [-0.39, 0.29) is 17.6 Å². The first-order valence-corrected chi connectivity index (χ1v) is 6.81. The molecule has 98 valence electrons. The molecule has 2 aliphatic carbocycles. The number of hydrogen-bond donors (Lipinski definition) is 0. The molecule has 1 saturated heterocycles. The molecule has 2 unspecified atom stereocenters. The molecule has 4 nitrogen and oxygen atoms in total. The van der Waals surface area contributed by atoms with Crippen molar-refractivity contribution in [3.05, 3.63) is 0 Å². The molecule has 3 aliphatic rings. The predicted molar refractivity (Wildman–Crippen MR) is 64.8 cm³/mol. The molecule has 18 heavy (non-hydrogen) atoms. The van der Waals surface area contributed by atoms with Crippen LogP contribution in [0.25, 0.3) is 0 Å². The van der Waals surface area contributed by atoms with E-state index in [1.165, 1.54) is 0 Å². The highest BCUT2D eigenvalue weighted by Gasteiger charge is 2.73. The second-order valence-corrected chi connectivity index (χ2v) is 6.41. The van der Waals surface area contributed by atoms with Gasteiger partial charge in [-0.15, -0.1) is 0 Å². The van der Waals surface area contributed by atoms with Crippen molar-refractivity contribution in [2.75, 3.05) is 13.1 Å². The summed E-state index contributed by atoms with van der Waals surface area (Å²) in [4.78, 5) is 38.8. The van der Waals surface area contributed by atoms with Crippen LogP contribution in [0.1, 0.15) is 39.5 Å². The Morgan fingerprint density at radius 2 is 1.83 bits per heavy atom. The number of ketones is 2. The van der Waals surface area contributed by atoms with Gasteiger partial charge in [0.25, 0.3) is 0 Å². The van der Waals surface area contributed by atoms with Crippen molar-refractivity contribution in [3.63, 3.8) is 0 Å². The Hall–Kier alpha value is -1.19. The lowest BCUT2D eigenvalue weighted by Crippen LogP contribution is -2.51. The molecule has 1 amide bonds. The van der Waals surface area contributed by atoms with Gasteiger partial charge in [-0.1, -0.05) is 13.8 Å². The van der Waals surface area contributed by atoms with E-state index in [2.05, 4.69) is 0 Å². The second kappa shape index (κ2) is 3.43. The zero-order chi connectivity index (χ0) is 13.1. The SMILES string of the molecule is CC1(C)C2CCC1(C(=O)N1CCCC1)C(=O)C2=O. The molecular formula is C14H19NO3. The van der Waals surface area contributed by atoms with Gasteiger partial charge >= 0.3 is 0 Å². The number of likely N-dealkylation sites (tertiary alicyclic amines) is 1. The maximum absolute atomic E-state index is 12.8. The average molecular weight is 249 g/mol. The largest absolute Gasteiger partial charge is 0.342 e. The van der Waals surface area contributed by atoms with Crippen LogP contribution in [0.4, 0.5) is 0 Å². The van der Waals surface area contributed by atoms with Crippen LogP contribution in [-0.4, -0.2) is 35.5 Å². The molecule has 2 atom stereocenters. The standard InChI is InChI=1S/C14H19NO3/c1-13(2)9-5-6-14(13,11(17)10(9)16)12(18)15-7-3-4-8-15/h9H,3-8H2,1-2H3. The molecule has 4 heteroatoms. The van der Waals surface area contributed by atoms with Gasteiger partial charge in [0.2, 0.25) is 17.5 Å². The highest BCUT2D eigenvalue weighted by atomic mass is 16.2. The van der Waals surface area contributed by atoms with Gasteiger partial charge in [-0.25, -0.2) is 0 Å². The quantitative estimate of drug-likeness (QED) is 0.518. The minimum absolute atomic E-state index is 0.0802. The fourth-order valence-electron chi connectivity index (χ4n) is 4.24. The van der Waals surface area contributed by atoms with Gasteiger partial charge < -0.3 is 4.90 Å². The monoisotopic (exact) mass is 249 g/mol. The van der Waals surface area contributed by atoms with E-state index < -0.39 is 16.6 Å². The van der Waals surface area contributed by atoms with Crippen molar-refractivity contribution in [2.45, 2.75) is 39.5 Å². The second-order valence-electron chi connectivity index (χ2n) is 6.41. The van der Waals surface area contributed by atoms with E-state index in [0.29, 0.717) is 12.8 Å². The molecule has 3 rings (SSSR count). The van der Waals surface area contributed by atoms with E-state index in [4.69, 9.17) is 0 Å². The van der Waals surface area contributed by atoms with Crippen molar-refractivity contribution >= 4 is 17.5 Å². The molecule has 0 N–H and O–H groups in total. The first kappa shape index (κ1) is 11.9. The summed E-state index contributed by atoms with van der Waals surface area (Å²) in [6.45, 7) is 5.31. The highest BCUT2D eigenvalue weighted by Crippen LogP contribution is 2.63. The molecule has 2 saturated carbocycles. The van der Waals surface area contributed by atoms with E-state index >= 15 is 0 Å². The van der Waals surface area contributed by atoms with Crippen molar-refractivity contribution in [1.82, 2.24) is 4.90 Å². The normalized spacial score (nSPS) is 37.7. The summed E-state index contributed by atoms with van der Waals surface area (Å²) >= 11 is 0. The zero-order valence-corrected chi connectivity index (χ0v) is 11.0. The third-order valence-electron chi connectivity index (χ3n) is 5.47. The topological polar surface area (TPSA) is 54.5 Å². The Bertz CT molecular complexity index is 448. The molecule has 0 aromatic heterocycles. The Balaban J connectivity index is 2.04.